The van der Waals surface area contributed by atoms with E-state index in [1.54, 1.807) is 26.0 Å². The second kappa shape index (κ2) is 11.5. The summed E-state index contributed by atoms with van der Waals surface area (Å²) in [6.07, 6.45) is 3.61. The minimum absolute atomic E-state index is 0.288. The second-order valence-electron chi connectivity index (χ2n) is 6.96. The van der Waals surface area contributed by atoms with E-state index in [-0.39, 0.29) is 13.2 Å². The average molecular weight is 427 g/mol. The Labute approximate surface area is 188 Å². The fraction of sp³-hybridized carbons (Fsp3) is 0.143. The van der Waals surface area contributed by atoms with Crippen LogP contribution in [0.4, 0.5) is 0 Å². The zero-order valence-electron chi connectivity index (χ0n) is 18.3. The maximum atomic E-state index is 12.6. The van der Waals surface area contributed by atoms with Crippen LogP contribution in [0.3, 0.4) is 0 Å². The molecule has 3 aromatic rings. The largest absolute Gasteiger partial charge is 0.462 e. The van der Waals surface area contributed by atoms with Crippen LogP contribution in [0.1, 0.15) is 36.1 Å². The summed E-state index contributed by atoms with van der Waals surface area (Å²) >= 11 is 0. The maximum absolute atomic E-state index is 12.6. The van der Waals surface area contributed by atoms with E-state index in [0.29, 0.717) is 22.3 Å². The molecule has 0 heterocycles. The smallest absolute Gasteiger partial charge is 0.338 e. The first-order valence-corrected chi connectivity index (χ1v) is 10.6. The normalized spacial score (nSPS) is 11.7. The van der Waals surface area contributed by atoms with Crippen molar-refractivity contribution in [3.63, 3.8) is 0 Å². The molecule has 0 aliphatic carbocycles. The van der Waals surface area contributed by atoms with E-state index >= 15 is 0 Å². The Bertz CT molecular complexity index is 1000. The first-order chi connectivity index (χ1) is 15.6. The van der Waals surface area contributed by atoms with Gasteiger partial charge in [-0.2, -0.15) is 0 Å². The van der Waals surface area contributed by atoms with E-state index in [4.69, 9.17) is 9.47 Å². The fourth-order valence-corrected chi connectivity index (χ4v) is 3.20. The van der Waals surface area contributed by atoms with Gasteiger partial charge in [0, 0.05) is 0 Å². The summed E-state index contributed by atoms with van der Waals surface area (Å²) in [7, 11) is 0. The SMILES string of the molecule is CCOC(=O)C(=Cc1ccccc1)c1ccc(C(=Cc2ccccc2)C(=O)OCC)cc1. The molecule has 0 aliphatic heterocycles. The van der Waals surface area contributed by atoms with Crippen LogP contribution in [0, 0.1) is 0 Å². The second-order valence-corrected chi connectivity index (χ2v) is 6.96. The van der Waals surface area contributed by atoms with Crippen molar-refractivity contribution in [1.82, 2.24) is 0 Å². The topological polar surface area (TPSA) is 52.6 Å². The first-order valence-electron chi connectivity index (χ1n) is 10.6. The van der Waals surface area contributed by atoms with Crippen molar-refractivity contribution in [3.8, 4) is 0 Å². The first kappa shape index (κ1) is 22.8. The lowest BCUT2D eigenvalue weighted by Crippen LogP contribution is -2.08. The number of hydrogen-bond donors (Lipinski definition) is 0. The summed E-state index contributed by atoms with van der Waals surface area (Å²) in [6.45, 7) is 4.13. The Morgan fingerprint density at radius 1 is 0.594 bits per heavy atom. The molecule has 0 N–H and O–H groups in total. The van der Waals surface area contributed by atoms with Gasteiger partial charge in [0.1, 0.15) is 0 Å². The number of rotatable bonds is 8. The molecule has 3 rings (SSSR count). The van der Waals surface area contributed by atoms with Gasteiger partial charge >= 0.3 is 11.9 Å². The third-order valence-electron chi connectivity index (χ3n) is 4.72. The van der Waals surface area contributed by atoms with Gasteiger partial charge in [-0.25, -0.2) is 9.59 Å². The highest BCUT2D eigenvalue weighted by Gasteiger charge is 2.17. The molecule has 0 radical (unpaired) electrons. The quantitative estimate of drug-likeness (QED) is 0.256. The van der Waals surface area contributed by atoms with E-state index in [1.165, 1.54) is 0 Å². The summed E-state index contributed by atoms with van der Waals surface area (Å²) in [6, 6.07) is 26.5. The Morgan fingerprint density at radius 3 is 1.25 bits per heavy atom. The molecule has 3 aromatic carbocycles. The average Bonchev–Trinajstić information content (AvgIpc) is 2.83. The highest BCUT2D eigenvalue weighted by Crippen LogP contribution is 2.25. The molecule has 162 valence electrons. The molecule has 0 atom stereocenters. The van der Waals surface area contributed by atoms with Gasteiger partial charge in [0.25, 0.3) is 0 Å². The predicted molar refractivity (Wildman–Crippen MR) is 128 cm³/mol. The molecule has 0 aliphatic rings. The number of carbonyl (C=O) groups excluding carboxylic acids is 2. The standard InChI is InChI=1S/C28H26O4/c1-3-31-27(29)25(19-21-11-7-5-8-12-21)23-15-17-24(18-16-23)26(28(30)32-4-2)20-22-13-9-6-10-14-22/h5-20H,3-4H2,1-2H3. The van der Waals surface area contributed by atoms with Gasteiger partial charge in [-0.1, -0.05) is 84.9 Å². The van der Waals surface area contributed by atoms with Crippen LogP contribution in [0.25, 0.3) is 23.3 Å². The van der Waals surface area contributed by atoms with Crippen molar-refractivity contribution in [2.75, 3.05) is 13.2 Å². The van der Waals surface area contributed by atoms with Gasteiger partial charge in [0.05, 0.1) is 24.4 Å². The summed E-state index contributed by atoms with van der Waals surface area (Å²) in [5.74, 6) is -0.788. The van der Waals surface area contributed by atoms with Gasteiger partial charge in [0.2, 0.25) is 0 Å². The van der Waals surface area contributed by atoms with Gasteiger partial charge in [-0.3, -0.25) is 0 Å². The number of ether oxygens (including phenoxy) is 2. The zero-order chi connectivity index (χ0) is 22.8. The molecule has 0 saturated heterocycles. The van der Waals surface area contributed by atoms with E-state index < -0.39 is 11.9 Å². The Balaban J connectivity index is 2.00. The van der Waals surface area contributed by atoms with E-state index in [1.807, 2.05) is 84.9 Å². The van der Waals surface area contributed by atoms with Crippen LogP contribution in [-0.2, 0) is 19.1 Å². The van der Waals surface area contributed by atoms with Crippen LogP contribution < -0.4 is 0 Å². The van der Waals surface area contributed by atoms with Crippen molar-refractivity contribution in [2.24, 2.45) is 0 Å². The lowest BCUT2D eigenvalue weighted by atomic mass is 9.97. The zero-order valence-corrected chi connectivity index (χ0v) is 18.3. The van der Waals surface area contributed by atoms with Crippen LogP contribution in [0.15, 0.2) is 84.9 Å². The van der Waals surface area contributed by atoms with E-state index in [0.717, 1.165) is 11.1 Å². The molecule has 32 heavy (non-hydrogen) atoms. The van der Waals surface area contributed by atoms with Crippen LogP contribution in [-0.4, -0.2) is 25.2 Å². The number of benzene rings is 3. The van der Waals surface area contributed by atoms with Gasteiger partial charge in [-0.15, -0.1) is 0 Å². The fourth-order valence-electron chi connectivity index (χ4n) is 3.20. The molecular weight excluding hydrogens is 400 g/mol. The minimum atomic E-state index is -0.394. The summed E-state index contributed by atoms with van der Waals surface area (Å²) in [5, 5.41) is 0. The van der Waals surface area contributed by atoms with Crippen molar-refractivity contribution in [3.05, 3.63) is 107 Å². The molecule has 0 unspecified atom stereocenters. The van der Waals surface area contributed by atoms with E-state index in [2.05, 4.69) is 0 Å². The Hall–Kier alpha value is -3.92. The van der Waals surface area contributed by atoms with Crippen LogP contribution in [0.5, 0.6) is 0 Å². The molecule has 0 amide bonds. The molecule has 0 aromatic heterocycles. The van der Waals surface area contributed by atoms with Gasteiger partial charge in [-0.05, 0) is 48.3 Å². The van der Waals surface area contributed by atoms with Crippen molar-refractivity contribution >= 4 is 35.2 Å². The molecule has 0 bridgehead atoms. The van der Waals surface area contributed by atoms with Crippen molar-refractivity contribution in [2.45, 2.75) is 13.8 Å². The molecule has 0 spiro atoms. The molecule has 4 heteroatoms. The van der Waals surface area contributed by atoms with Gasteiger partial charge < -0.3 is 9.47 Å². The van der Waals surface area contributed by atoms with Crippen molar-refractivity contribution < 1.29 is 19.1 Å². The highest BCUT2D eigenvalue weighted by molar-refractivity contribution is 6.23. The third-order valence-corrected chi connectivity index (χ3v) is 4.72. The van der Waals surface area contributed by atoms with Crippen LogP contribution >= 0.6 is 0 Å². The van der Waals surface area contributed by atoms with Crippen LogP contribution in [0.2, 0.25) is 0 Å². The third kappa shape index (κ3) is 6.05. The molecular formula is C28H26O4. The summed E-state index contributed by atoms with van der Waals surface area (Å²) < 4.78 is 10.5. The van der Waals surface area contributed by atoms with Gasteiger partial charge in [0.15, 0.2) is 0 Å². The monoisotopic (exact) mass is 426 g/mol. The predicted octanol–water partition coefficient (Wildman–Crippen LogP) is 5.89. The Morgan fingerprint density at radius 2 is 0.938 bits per heavy atom. The molecule has 0 fully saturated rings. The van der Waals surface area contributed by atoms with Crippen molar-refractivity contribution in [1.29, 1.82) is 0 Å². The minimum Gasteiger partial charge on any atom is -0.462 e. The maximum Gasteiger partial charge on any atom is 0.338 e. The lowest BCUT2D eigenvalue weighted by Gasteiger charge is -2.11. The summed E-state index contributed by atoms with van der Waals surface area (Å²) in [4.78, 5) is 25.3. The molecule has 0 saturated carbocycles. The number of hydrogen-bond acceptors (Lipinski definition) is 4. The number of esters is 2. The number of carbonyl (C=O) groups is 2. The molecule has 4 nitrogen and oxygen atoms in total. The Kier molecular flexibility index (Phi) is 8.15. The lowest BCUT2D eigenvalue weighted by molar-refractivity contribution is -0.136. The summed E-state index contributed by atoms with van der Waals surface area (Å²) in [5.41, 5.74) is 4.12. The van der Waals surface area contributed by atoms with E-state index in [9.17, 15) is 9.59 Å². The highest BCUT2D eigenvalue weighted by atomic mass is 16.5.